The third kappa shape index (κ3) is 5.09. The Labute approximate surface area is 102 Å². The van der Waals surface area contributed by atoms with Crippen LogP contribution in [0.25, 0.3) is 0 Å². The minimum Gasteiger partial charge on any atom is -1.00 e. The number of halogens is 1. The Balaban J connectivity index is 0.00000225. The van der Waals surface area contributed by atoms with E-state index in [1.165, 1.54) is 0 Å². The van der Waals surface area contributed by atoms with Crippen LogP contribution in [0.1, 0.15) is 30.1 Å². The molecule has 0 aliphatic rings. The first-order chi connectivity index (χ1) is 7.24. The maximum absolute atomic E-state index is 10.9. The van der Waals surface area contributed by atoms with Crippen molar-refractivity contribution in [2.75, 3.05) is 6.61 Å². The van der Waals surface area contributed by atoms with Gasteiger partial charge in [0.25, 0.3) is 12.6 Å². The van der Waals surface area contributed by atoms with Crippen LogP contribution >= 0.6 is 0 Å². The van der Waals surface area contributed by atoms with Crippen LogP contribution in [0.4, 0.5) is 0 Å². The highest BCUT2D eigenvalue weighted by atomic mass is 35.5. The Morgan fingerprint density at radius 3 is 2.94 bits per heavy atom. The molecule has 0 radical (unpaired) electrons. The van der Waals surface area contributed by atoms with Crippen LogP contribution in [-0.2, 0) is 11.5 Å². The first kappa shape index (κ1) is 14.9. The zero-order chi connectivity index (χ0) is 11.1. The van der Waals surface area contributed by atoms with Crippen LogP contribution < -0.4 is 22.7 Å². The van der Waals surface area contributed by atoms with E-state index in [9.17, 15) is 4.79 Å². The molecular formula is C11H17ClN2O2. The lowest BCUT2D eigenvalue weighted by Gasteiger charge is -2.00. The van der Waals surface area contributed by atoms with E-state index in [4.69, 9.17) is 10.5 Å². The van der Waals surface area contributed by atoms with Gasteiger partial charge in [0, 0.05) is 6.07 Å². The van der Waals surface area contributed by atoms with Gasteiger partial charge in [-0.15, -0.1) is 0 Å². The van der Waals surface area contributed by atoms with E-state index in [0.29, 0.717) is 12.3 Å². The molecule has 0 aromatic carbocycles. The lowest BCUT2D eigenvalue weighted by molar-refractivity contribution is -0.732. The maximum Gasteiger partial charge on any atom is 0.254 e. The Morgan fingerprint density at radius 1 is 1.56 bits per heavy atom. The van der Waals surface area contributed by atoms with E-state index in [-0.39, 0.29) is 12.4 Å². The van der Waals surface area contributed by atoms with Crippen molar-refractivity contribution in [3.05, 3.63) is 30.1 Å². The Morgan fingerprint density at radius 2 is 2.31 bits per heavy atom. The molecular weight excluding hydrogens is 228 g/mol. The minimum absolute atomic E-state index is 0. The number of hydrogen-bond donors (Lipinski definition) is 1. The number of nitrogens with two attached hydrogens (primary N) is 1. The van der Waals surface area contributed by atoms with E-state index >= 15 is 0 Å². The number of ether oxygens (including phenoxy) is 1. The highest BCUT2D eigenvalue weighted by Crippen LogP contribution is 1.93. The number of aromatic nitrogens is 1. The third-order valence-electron chi connectivity index (χ3n) is 2.03. The fraction of sp³-hybridized carbons (Fsp3) is 0.455. The third-order valence-corrected chi connectivity index (χ3v) is 2.03. The number of rotatable bonds is 6. The zero-order valence-corrected chi connectivity index (χ0v) is 10.1. The second-order valence-electron chi connectivity index (χ2n) is 3.36. The molecule has 0 unspecified atom stereocenters. The number of nitrogens with zero attached hydrogens (tertiary/aromatic N) is 1. The molecule has 0 aliphatic carbocycles. The van der Waals surface area contributed by atoms with Crippen LogP contribution in [0, 0.1) is 0 Å². The molecule has 0 bridgehead atoms. The number of hydrogen-bond acceptors (Lipinski definition) is 2. The molecule has 0 saturated heterocycles. The van der Waals surface area contributed by atoms with Crippen LogP contribution in [0.3, 0.4) is 0 Å². The summed E-state index contributed by atoms with van der Waals surface area (Å²) in [5.41, 5.74) is 5.66. The second-order valence-corrected chi connectivity index (χ2v) is 3.36. The monoisotopic (exact) mass is 244 g/mol. The summed E-state index contributed by atoms with van der Waals surface area (Å²) >= 11 is 0. The van der Waals surface area contributed by atoms with E-state index in [0.717, 1.165) is 19.4 Å². The van der Waals surface area contributed by atoms with E-state index < -0.39 is 5.91 Å². The van der Waals surface area contributed by atoms with Crippen molar-refractivity contribution in [2.45, 2.75) is 26.5 Å². The number of carbonyl (C=O) groups excluding carboxylic acids is 1. The number of unbranched alkanes of at least 4 members (excludes halogenated alkanes) is 1. The van der Waals surface area contributed by atoms with Gasteiger partial charge in [0.05, 0.1) is 6.61 Å². The summed E-state index contributed by atoms with van der Waals surface area (Å²) in [6.45, 7) is 3.32. The van der Waals surface area contributed by atoms with Crippen molar-refractivity contribution < 1.29 is 26.5 Å². The largest absolute Gasteiger partial charge is 1.00 e. The predicted octanol–water partition coefficient (Wildman–Crippen LogP) is -2.15. The lowest BCUT2D eigenvalue weighted by atomic mass is 10.3. The molecule has 0 saturated carbocycles. The van der Waals surface area contributed by atoms with Crippen LogP contribution in [0.15, 0.2) is 24.5 Å². The quantitative estimate of drug-likeness (QED) is 0.458. The highest BCUT2D eigenvalue weighted by Gasteiger charge is 2.06. The maximum atomic E-state index is 10.9. The van der Waals surface area contributed by atoms with Gasteiger partial charge in [-0.2, -0.15) is 4.57 Å². The number of primary amides is 1. The first-order valence-electron chi connectivity index (χ1n) is 5.10. The number of pyridine rings is 1. The van der Waals surface area contributed by atoms with Gasteiger partial charge < -0.3 is 22.9 Å². The standard InChI is InChI=1S/C11H16N2O2.ClH/c1-2-3-7-15-9-13-6-4-5-10(8-13)11(12)14;/h4-6,8H,2-3,7,9H2,1H3,(H-,12,14);1H. The molecule has 1 rings (SSSR count). The average molecular weight is 245 g/mol. The fourth-order valence-corrected chi connectivity index (χ4v) is 1.16. The summed E-state index contributed by atoms with van der Waals surface area (Å²) in [5.74, 6) is -0.419. The van der Waals surface area contributed by atoms with Gasteiger partial charge in [-0.05, 0) is 12.5 Å². The van der Waals surface area contributed by atoms with Crippen LogP contribution in [-0.4, -0.2) is 12.5 Å². The first-order valence-corrected chi connectivity index (χ1v) is 5.10. The molecule has 1 aromatic rings. The van der Waals surface area contributed by atoms with Crippen molar-refractivity contribution >= 4 is 5.91 Å². The van der Waals surface area contributed by atoms with Crippen molar-refractivity contribution in [2.24, 2.45) is 5.73 Å². The van der Waals surface area contributed by atoms with E-state index in [2.05, 4.69) is 6.92 Å². The Hall–Kier alpha value is -1.13. The summed E-state index contributed by atoms with van der Waals surface area (Å²) < 4.78 is 7.21. The summed E-state index contributed by atoms with van der Waals surface area (Å²) in [6.07, 6.45) is 5.70. The van der Waals surface area contributed by atoms with Gasteiger partial charge in [-0.1, -0.05) is 13.3 Å². The van der Waals surface area contributed by atoms with Crippen molar-refractivity contribution in [3.63, 3.8) is 0 Å². The van der Waals surface area contributed by atoms with Crippen LogP contribution in [0.2, 0.25) is 0 Å². The van der Waals surface area contributed by atoms with Crippen molar-refractivity contribution in [1.82, 2.24) is 0 Å². The topological polar surface area (TPSA) is 56.2 Å². The Bertz CT molecular complexity index is 332. The molecule has 0 fully saturated rings. The average Bonchev–Trinajstić information content (AvgIpc) is 2.25. The SMILES string of the molecule is CCCCOC[n+]1cccc(C(N)=O)c1.[Cl-]. The van der Waals surface area contributed by atoms with Gasteiger partial charge in [0.1, 0.15) is 5.56 Å². The Kier molecular flexibility index (Phi) is 7.50. The molecule has 90 valence electrons. The molecule has 1 heterocycles. The number of amides is 1. The van der Waals surface area contributed by atoms with Crippen molar-refractivity contribution in [1.29, 1.82) is 0 Å². The molecule has 5 heteroatoms. The van der Waals surface area contributed by atoms with E-state index in [1.807, 2.05) is 6.20 Å². The van der Waals surface area contributed by atoms with Gasteiger partial charge in [0.2, 0.25) is 0 Å². The summed E-state index contributed by atoms with van der Waals surface area (Å²) in [6, 6.07) is 3.47. The zero-order valence-electron chi connectivity index (χ0n) is 9.36. The molecule has 1 aromatic heterocycles. The fourth-order valence-electron chi connectivity index (χ4n) is 1.16. The molecule has 4 nitrogen and oxygen atoms in total. The smallest absolute Gasteiger partial charge is 0.254 e. The molecule has 0 aliphatic heterocycles. The highest BCUT2D eigenvalue weighted by molar-refractivity contribution is 5.92. The lowest BCUT2D eigenvalue weighted by Crippen LogP contribution is -3.00. The predicted molar refractivity (Wildman–Crippen MR) is 56.0 cm³/mol. The second kappa shape index (κ2) is 8.07. The minimum atomic E-state index is -0.419. The summed E-state index contributed by atoms with van der Waals surface area (Å²) in [5, 5.41) is 0. The van der Waals surface area contributed by atoms with Gasteiger partial charge in [-0.3, -0.25) is 4.79 Å². The van der Waals surface area contributed by atoms with Gasteiger partial charge in [-0.25, -0.2) is 0 Å². The van der Waals surface area contributed by atoms with Gasteiger partial charge >= 0.3 is 0 Å². The van der Waals surface area contributed by atoms with E-state index in [1.54, 1.807) is 22.9 Å². The molecule has 1 amide bonds. The molecule has 16 heavy (non-hydrogen) atoms. The van der Waals surface area contributed by atoms with Crippen molar-refractivity contribution in [3.8, 4) is 0 Å². The van der Waals surface area contributed by atoms with Crippen LogP contribution in [0.5, 0.6) is 0 Å². The molecule has 0 atom stereocenters. The normalized spacial score (nSPS) is 9.56. The number of carbonyl (C=O) groups is 1. The summed E-state index contributed by atoms with van der Waals surface area (Å²) in [4.78, 5) is 10.9. The summed E-state index contributed by atoms with van der Waals surface area (Å²) in [7, 11) is 0. The molecule has 2 N–H and O–H groups in total. The molecule has 0 spiro atoms. The van der Waals surface area contributed by atoms with Gasteiger partial charge in [0.15, 0.2) is 12.4 Å².